The van der Waals surface area contributed by atoms with Crippen molar-refractivity contribution in [3.8, 4) is 0 Å². The molecular formula is C13H23N3O5. The van der Waals surface area contributed by atoms with Gasteiger partial charge in [0.15, 0.2) is 0 Å². The second kappa shape index (κ2) is 8.33. The van der Waals surface area contributed by atoms with Gasteiger partial charge in [-0.1, -0.05) is 6.92 Å². The molecule has 1 fully saturated rings. The minimum absolute atomic E-state index is 0.289. The second-order valence-corrected chi connectivity index (χ2v) is 4.77. The first kappa shape index (κ1) is 17.1. The highest BCUT2D eigenvalue weighted by molar-refractivity contribution is 5.80. The summed E-state index contributed by atoms with van der Waals surface area (Å²) >= 11 is 0. The maximum absolute atomic E-state index is 12.3. The SMILES string of the molecule is CCCN(CC(=O)O)C(=O)N1CCN(C(=O)OCC)CC1. The molecule has 1 aliphatic rings. The first-order valence-corrected chi connectivity index (χ1v) is 7.16. The standard InChI is InChI=1S/C13H23N3O5/c1-3-5-16(10-11(17)18)12(19)14-6-8-15(9-7-14)13(20)21-4-2/h3-10H2,1-2H3,(H,17,18). The number of ether oxygens (including phenoxy) is 1. The fourth-order valence-corrected chi connectivity index (χ4v) is 2.17. The van der Waals surface area contributed by atoms with E-state index in [0.717, 1.165) is 0 Å². The van der Waals surface area contributed by atoms with E-state index in [4.69, 9.17) is 9.84 Å². The fourth-order valence-electron chi connectivity index (χ4n) is 2.17. The van der Waals surface area contributed by atoms with Gasteiger partial charge in [0, 0.05) is 32.7 Å². The molecule has 0 bridgehead atoms. The number of rotatable bonds is 5. The number of hydrogen-bond donors (Lipinski definition) is 1. The summed E-state index contributed by atoms with van der Waals surface area (Å²) in [6.07, 6.45) is 0.322. The molecule has 1 heterocycles. The molecule has 0 atom stereocenters. The van der Waals surface area contributed by atoms with Gasteiger partial charge in [0.2, 0.25) is 0 Å². The first-order chi connectivity index (χ1) is 9.99. The van der Waals surface area contributed by atoms with Crippen LogP contribution < -0.4 is 0 Å². The Bertz CT molecular complexity index is 380. The lowest BCUT2D eigenvalue weighted by molar-refractivity contribution is -0.137. The van der Waals surface area contributed by atoms with Crippen LogP contribution in [0.15, 0.2) is 0 Å². The molecular weight excluding hydrogens is 278 g/mol. The topological polar surface area (TPSA) is 90.4 Å². The van der Waals surface area contributed by atoms with Gasteiger partial charge in [0.05, 0.1) is 6.61 Å². The van der Waals surface area contributed by atoms with Crippen LogP contribution in [0, 0.1) is 0 Å². The third-order valence-corrected chi connectivity index (χ3v) is 3.17. The summed E-state index contributed by atoms with van der Waals surface area (Å²) < 4.78 is 4.91. The molecule has 0 unspecified atom stereocenters. The Morgan fingerprint density at radius 3 is 2.14 bits per heavy atom. The van der Waals surface area contributed by atoms with Crippen molar-refractivity contribution < 1.29 is 24.2 Å². The number of carbonyl (C=O) groups is 3. The van der Waals surface area contributed by atoms with E-state index >= 15 is 0 Å². The molecule has 0 radical (unpaired) electrons. The molecule has 0 spiro atoms. The maximum Gasteiger partial charge on any atom is 0.409 e. The van der Waals surface area contributed by atoms with E-state index in [-0.39, 0.29) is 18.7 Å². The smallest absolute Gasteiger partial charge is 0.409 e. The fraction of sp³-hybridized carbons (Fsp3) is 0.769. The highest BCUT2D eigenvalue weighted by atomic mass is 16.6. The van der Waals surface area contributed by atoms with Gasteiger partial charge >= 0.3 is 18.1 Å². The summed E-state index contributed by atoms with van der Waals surface area (Å²) in [5, 5.41) is 8.85. The van der Waals surface area contributed by atoms with E-state index in [1.165, 1.54) is 4.90 Å². The van der Waals surface area contributed by atoms with E-state index in [1.54, 1.807) is 16.7 Å². The number of piperazine rings is 1. The van der Waals surface area contributed by atoms with Crippen LogP contribution in [0.5, 0.6) is 0 Å². The van der Waals surface area contributed by atoms with Crippen molar-refractivity contribution in [1.29, 1.82) is 0 Å². The molecule has 1 saturated heterocycles. The molecule has 0 aromatic rings. The third kappa shape index (κ3) is 5.13. The van der Waals surface area contributed by atoms with Gasteiger partial charge in [0.1, 0.15) is 6.54 Å². The van der Waals surface area contributed by atoms with Crippen LogP contribution >= 0.6 is 0 Å². The lowest BCUT2D eigenvalue weighted by Gasteiger charge is -2.36. The number of urea groups is 1. The summed E-state index contributed by atoms with van der Waals surface area (Å²) in [4.78, 5) is 39.1. The molecule has 0 aromatic carbocycles. The van der Waals surface area contributed by atoms with Gasteiger partial charge in [-0.25, -0.2) is 9.59 Å². The van der Waals surface area contributed by atoms with E-state index in [0.29, 0.717) is 45.8 Å². The van der Waals surface area contributed by atoms with Crippen LogP contribution in [0.1, 0.15) is 20.3 Å². The van der Waals surface area contributed by atoms with Crippen LogP contribution in [0.3, 0.4) is 0 Å². The number of carbonyl (C=O) groups excluding carboxylic acids is 2. The highest BCUT2D eigenvalue weighted by Crippen LogP contribution is 2.08. The number of amides is 3. The first-order valence-electron chi connectivity index (χ1n) is 7.16. The molecule has 1 N–H and O–H groups in total. The molecule has 0 aliphatic carbocycles. The van der Waals surface area contributed by atoms with Crippen molar-refractivity contribution in [1.82, 2.24) is 14.7 Å². The molecule has 0 aromatic heterocycles. The highest BCUT2D eigenvalue weighted by Gasteiger charge is 2.28. The van der Waals surface area contributed by atoms with Crippen molar-refractivity contribution in [2.75, 3.05) is 45.9 Å². The van der Waals surface area contributed by atoms with Crippen molar-refractivity contribution in [2.24, 2.45) is 0 Å². The Kier molecular flexibility index (Phi) is 6.77. The van der Waals surface area contributed by atoms with Crippen LogP contribution in [0.25, 0.3) is 0 Å². The summed E-state index contributed by atoms with van der Waals surface area (Å²) in [6, 6.07) is -0.289. The Morgan fingerprint density at radius 2 is 1.67 bits per heavy atom. The molecule has 8 heteroatoms. The Balaban J connectivity index is 2.53. The van der Waals surface area contributed by atoms with E-state index < -0.39 is 5.97 Å². The summed E-state index contributed by atoms with van der Waals surface area (Å²) in [5.74, 6) is -1.03. The molecule has 3 amide bonds. The van der Waals surface area contributed by atoms with Crippen LogP contribution in [0.2, 0.25) is 0 Å². The molecule has 1 aliphatic heterocycles. The van der Waals surface area contributed by atoms with Crippen LogP contribution in [-0.2, 0) is 9.53 Å². The van der Waals surface area contributed by atoms with Gasteiger partial charge in [-0.15, -0.1) is 0 Å². The van der Waals surface area contributed by atoms with Crippen molar-refractivity contribution in [2.45, 2.75) is 20.3 Å². The van der Waals surface area contributed by atoms with Gasteiger partial charge in [-0.3, -0.25) is 4.79 Å². The summed E-state index contributed by atoms with van der Waals surface area (Å²) in [6.45, 7) is 5.63. The van der Waals surface area contributed by atoms with E-state index in [9.17, 15) is 14.4 Å². The summed E-state index contributed by atoms with van der Waals surface area (Å²) in [5.41, 5.74) is 0. The minimum atomic E-state index is -1.03. The predicted octanol–water partition coefficient (Wildman–Crippen LogP) is 0.677. The Morgan fingerprint density at radius 1 is 1.10 bits per heavy atom. The number of aliphatic carboxylic acids is 1. The van der Waals surface area contributed by atoms with E-state index in [1.807, 2.05) is 6.92 Å². The van der Waals surface area contributed by atoms with Gasteiger partial charge in [0.25, 0.3) is 0 Å². The summed E-state index contributed by atoms with van der Waals surface area (Å²) in [7, 11) is 0. The minimum Gasteiger partial charge on any atom is -0.480 e. The van der Waals surface area contributed by atoms with Crippen molar-refractivity contribution in [3.63, 3.8) is 0 Å². The third-order valence-electron chi connectivity index (χ3n) is 3.17. The van der Waals surface area contributed by atoms with Gasteiger partial charge in [-0.05, 0) is 13.3 Å². The van der Waals surface area contributed by atoms with Crippen LogP contribution in [0.4, 0.5) is 9.59 Å². The number of hydrogen-bond acceptors (Lipinski definition) is 4. The molecule has 0 saturated carbocycles. The second-order valence-electron chi connectivity index (χ2n) is 4.77. The Hall–Kier alpha value is -1.99. The van der Waals surface area contributed by atoms with Gasteiger partial charge in [-0.2, -0.15) is 0 Å². The predicted molar refractivity (Wildman–Crippen MR) is 75.1 cm³/mol. The monoisotopic (exact) mass is 301 g/mol. The van der Waals surface area contributed by atoms with Crippen molar-refractivity contribution in [3.05, 3.63) is 0 Å². The molecule has 21 heavy (non-hydrogen) atoms. The van der Waals surface area contributed by atoms with Crippen molar-refractivity contribution >= 4 is 18.1 Å². The quantitative estimate of drug-likeness (QED) is 0.806. The largest absolute Gasteiger partial charge is 0.480 e. The average Bonchev–Trinajstić information content (AvgIpc) is 2.46. The molecule has 120 valence electrons. The number of carboxylic acid groups (broad SMARTS) is 1. The zero-order chi connectivity index (χ0) is 15.8. The van der Waals surface area contributed by atoms with Crippen LogP contribution in [-0.4, -0.2) is 83.8 Å². The Labute approximate surface area is 124 Å². The van der Waals surface area contributed by atoms with Gasteiger partial charge < -0.3 is 24.5 Å². The lowest BCUT2D eigenvalue weighted by atomic mass is 10.3. The number of nitrogens with zero attached hydrogens (tertiary/aromatic N) is 3. The maximum atomic E-state index is 12.3. The molecule has 1 rings (SSSR count). The number of carboxylic acids is 1. The zero-order valence-electron chi connectivity index (χ0n) is 12.6. The zero-order valence-corrected chi connectivity index (χ0v) is 12.6. The van der Waals surface area contributed by atoms with E-state index in [2.05, 4.69) is 0 Å². The normalized spacial score (nSPS) is 14.8. The lowest BCUT2D eigenvalue weighted by Crippen LogP contribution is -2.54. The molecule has 8 nitrogen and oxygen atoms in total. The average molecular weight is 301 g/mol.